The first-order chi connectivity index (χ1) is 25.4. The number of aliphatic carboxylic acids is 1. The van der Waals surface area contributed by atoms with Gasteiger partial charge in [-0.3, -0.25) is 33.6 Å². The van der Waals surface area contributed by atoms with Crippen LogP contribution in [0.2, 0.25) is 0 Å². The molecule has 11 N–H and O–H groups in total. The van der Waals surface area contributed by atoms with Crippen molar-refractivity contribution in [3.8, 4) is 0 Å². The van der Waals surface area contributed by atoms with Crippen LogP contribution in [0.4, 0.5) is 0 Å². The lowest BCUT2D eigenvalue weighted by atomic mass is 10.0. The predicted octanol–water partition coefficient (Wildman–Crippen LogP) is -2.61. The van der Waals surface area contributed by atoms with Gasteiger partial charge in [0.05, 0.1) is 19.1 Å². The van der Waals surface area contributed by atoms with Gasteiger partial charge in [0.1, 0.15) is 36.3 Å². The fourth-order valence-electron chi connectivity index (χ4n) is 5.19. The molecule has 18 heteroatoms. The van der Waals surface area contributed by atoms with Crippen LogP contribution in [0.25, 0.3) is 0 Å². The number of hydrogen-bond acceptors (Lipinski definition) is 10. The van der Waals surface area contributed by atoms with Gasteiger partial charge in [-0.15, -0.1) is 0 Å². The summed E-state index contributed by atoms with van der Waals surface area (Å²) in [6, 6.07) is 7.80. The molecule has 294 valence electrons. The zero-order valence-corrected chi connectivity index (χ0v) is 30.4. The first-order valence-electron chi connectivity index (χ1n) is 17.1. The number of carbonyl (C=O) groups excluding carboxylic acids is 7. The molecule has 0 spiro atoms. The minimum atomic E-state index is -1.66. The number of carbonyl (C=O) groups is 8. The minimum Gasteiger partial charge on any atom is -0.480 e. The Kier molecular flexibility index (Phi) is 17.7. The summed E-state index contributed by atoms with van der Waals surface area (Å²) < 4.78 is 0. The van der Waals surface area contributed by atoms with Crippen molar-refractivity contribution in [2.24, 2.45) is 11.7 Å². The van der Waals surface area contributed by atoms with E-state index in [0.717, 1.165) is 6.92 Å². The number of rotatable bonds is 21. The van der Waals surface area contributed by atoms with Crippen LogP contribution >= 0.6 is 0 Å². The van der Waals surface area contributed by atoms with E-state index in [-0.39, 0.29) is 12.8 Å². The standard InChI is InChI=1S/C36H49N7O11/c1-19(2)29(43-35(52)30(20(3)45)38-21(4)46)34(51)42-27(18-44)33(50)39-24(15-22-11-7-5-8-12-22)31(48)40-25(17-28(37)47)32(49)41-26(36(53)54)16-23-13-9-6-10-14-23/h5-14,19-20,24-27,29-30,44-45H,15-18H2,1-4H3,(H2,37,47)(H,38,46)(H,39,50)(H,40,48)(H,41,49)(H,42,51)(H,43,52)(H,53,54). The number of benzene rings is 2. The molecule has 0 aliphatic rings. The first-order valence-corrected chi connectivity index (χ1v) is 17.1. The Hall–Kier alpha value is -5.88. The van der Waals surface area contributed by atoms with Crippen molar-refractivity contribution in [2.45, 2.75) is 89.3 Å². The molecule has 0 fully saturated rings. The van der Waals surface area contributed by atoms with Crippen molar-refractivity contribution < 1.29 is 53.7 Å². The molecule has 0 saturated heterocycles. The first kappa shape index (κ1) is 44.3. The van der Waals surface area contributed by atoms with E-state index < -0.39 is 109 Å². The van der Waals surface area contributed by atoms with Crippen LogP contribution in [0.1, 0.15) is 45.2 Å². The molecule has 7 amide bonds. The predicted molar refractivity (Wildman–Crippen MR) is 193 cm³/mol. The quantitative estimate of drug-likeness (QED) is 0.0630. The van der Waals surface area contributed by atoms with E-state index in [1.54, 1.807) is 74.5 Å². The molecule has 0 radical (unpaired) electrons. The van der Waals surface area contributed by atoms with Gasteiger partial charge in [-0.05, 0) is 24.0 Å². The fraction of sp³-hybridized carbons (Fsp3) is 0.444. The maximum absolute atomic E-state index is 13.7. The summed E-state index contributed by atoms with van der Waals surface area (Å²) >= 11 is 0. The molecule has 0 aliphatic carbocycles. The summed E-state index contributed by atoms with van der Waals surface area (Å²) in [5.74, 6) is -8.43. The van der Waals surface area contributed by atoms with E-state index in [1.807, 2.05) is 0 Å². The molecule has 0 aromatic heterocycles. The average molecular weight is 756 g/mol. The lowest BCUT2D eigenvalue weighted by Crippen LogP contribution is -2.62. The van der Waals surface area contributed by atoms with Gasteiger partial charge in [-0.25, -0.2) is 4.79 Å². The van der Waals surface area contributed by atoms with E-state index in [9.17, 15) is 53.7 Å². The van der Waals surface area contributed by atoms with E-state index in [1.165, 1.54) is 6.92 Å². The summed E-state index contributed by atoms with van der Waals surface area (Å²) in [6.07, 6.45) is -2.33. The van der Waals surface area contributed by atoms with Crippen LogP contribution in [0.5, 0.6) is 0 Å². The monoisotopic (exact) mass is 755 g/mol. The van der Waals surface area contributed by atoms with Crippen molar-refractivity contribution in [1.82, 2.24) is 31.9 Å². The third-order valence-corrected chi connectivity index (χ3v) is 8.04. The van der Waals surface area contributed by atoms with Crippen LogP contribution in [-0.2, 0) is 51.2 Å². The van der Waals surface area contributed by atoms with Gasteiger partial charge >= 0.3 is 5.97 Å². The molecule has 54 heavy (non-hydrogen) atoms. The summed E-state index contributed by atoms with van der Waals surface area (Å²) in [5.41, 5.74) is 6.49. The Balaban J connectivity index is 2.30. The van der Waals surface area contributed by atoms with Gasteiger partial charge in [-0.2, -0.15) is 0 Å². The number of hydrogen-bond donors (Lipinski definition) is 10. The zero-order chi connectivity index (χ0) is 40.5. The molecular weight excluding hydrogens is 706 g/mol. The van der Waals surface area contributed by atoms with E-state index >= 15 is 0 Å². The normalized spacial score (nSPS) is 14.8. The zero-order valence-electron chi connectivity index (χ0n) is 30.4. The Bertz CT molecular complexity index is 1620. The Morgan fingerprint density at radius 1 is 0.593 bits per heavy atom. The third kappa shape index (κ3) is 14.6. The lowest BCUT2D eigenvalue weighted by Gasteiger charge is -2.28. The topological polar surface area (TPSA) is 295 Å². The van der Waals surface area contributed by atoms with Gasteiger partial charge in [0.15, 0.2) is 0 Å². The highest BCUT2D eigenvalue weighted by atomic mass is 16.4. The summed E-state index contributed by atoms with van der Waals surface area (Å²) in [4.78, 5) is 102. The molecule has 0 aliphatic heterocycles. The highest BCUT2D eigenvalue weighted by Crippen LogP contribution is 2.09. The molecule has 7 atom stereocenters. The van der Waals surface area contributed by atoms with Gasteiger partial charge in [-0.1, -0.05) is 74.5 Å². The lowest BCUT2D eigenvalue weighted by molar-refractivity contribution is -0.142. The Morgan fingerprint density at radius 2 is 1.02 bits per heavy atom. The fourth-order valence-corrected chi connectivity index (χ4v) is 5.19. The van der Waals surface area contributed by atoms with Crippen molar-refractivity contribution in [3.05, 3.63) is 71.8 Å². The second-order valence-electron chi connectivity index (χ2n) is 13.0. The van der Waals surface area contributed by atoms with E-state index in [0.29, 0.717) is 11.1 Å². The third-order valence-electron chi connectivity index (χ3n) is 8.04. The highest BCUT2D eigenvalue weighted by molar-refractivity contribution is 5.98. The molecule has 2 aromatic rings. The van der Waals surface area contributed by atoms with Crippen molar-refractivity contribution in [1.29, 1.82) is 0 Å². The van der Waals surface area contributed by atoms with Crippen LogP contribution in [0.3, 0.4) is 0 Å². The van der Waals surface area contributed by atoms with Crippen LogP contribution in [0, 0.1) is 5.92 Å². The summed E-state index contributed by atoms with van der Waals surface area (Å²) in [7, 11) is 0. The number of carboxylic acids is 1. The number of aliphatic hydroxyl groups excluding tert-OH is 2. The summed E-state index contributed by atoms with van der Waals surface area (Å²) in [6.45, 7) is 4.60. The van der Waals surface area contributed by atoms with Gasteiger partial charge in [0, 0.05) is 19.8 Å². The SMILES string of the molecule is CC(=O)NC(C(=O)NC(C(=O)NC(CO)C(=O)NC(Cc1ccccc1)C(=O)NC(CC(N)=O)C(=O)NC(Cc1ccccc1)C(=O)O)C(C)C)C(C)O. The number of nitrogens with one attached hydrogen (secondary N) is 6. The molecule has 2 aromatic carbocycles. The molecule has 0 heterocycles. The van der Waals surface area contributed by atoms with Gasteiger partial charge in [0.25, 0.3) is 0 Å². The van der Waals surface area contributed by atoms with Crippen LogP contribution < -0.4 is 37.6 Å². The van der Waals surface area contributed by atoms with Crippen molar-refractivity contribution >= 4 is 47.3 Å². The smallest absolute Gasteiger partial charge is 0.326 e. The second kappa shape index (κ2) is 21.6. The van der Waals surface area contributed by atoms with Gasteiger partial charge in [0.2, 0.25) is 41.4 Å². The molecule has 2 rings (SSSR count). The molecule has 7 unspecified atom stereocenters. The van der Waals surface area contributed by atoms with Crippen LogP contribution in [0.15, 0.2) is 60.7 Å². The maximum Gasteiger partial charge on any atom is 0.326 e. The molecule has 18 nitrogen and oxygen atoms in total. The van der Waals surface area contributed by atoms with Crippen molar-refractivity contribution in [3.63, 3.8) is 0 Å². The van der Waals surface area contributed by atoms with Crippen molar-refractivity contribution in [2.75, 3.05) is 6.61 Å². The second-order valence-corrected chi connectivity index (χ2v) is 13.0. The Labute approximate surface area is 312 Å². The maximum atomic E-state index is 13.7. The number of carboxylic acid groups (broad SMARTS) is 1. The molecule has 0 bridgehead atoms. The number of amides is 7. The van der Waals surface area contributed by atoms with E-state index in [4.69, 9.17) is 5.73 Å². The largest absolute Gasteiger partial charge is 0.480 e. The number of primary amides is 1. The van der Waals surface area contributed by atoms with Gasteiger partial charge < -0.3 is 53.0 Å². The molecular formula is C36H49N7O11. The average Bonchev–Trinajstić information content (AvgIpc) is 3.10. The number of aliphatic hydroxyl groups is 2. The minimum absolute atomic E-state index is 0.113. The summed E-state index contributed by atoms with van der Waals surface area (Å²) in [5, 5.41) is 44.0. The van der Waals surface area contributed by atoms with Crippen LogP contribution in [-0.4, -0.2) is 112 Å². The Morgan fingerprint density at radius 3 is 1.46 bits per heavy atom. The van der Waals surface area contributed by atoms with E-state index in [2.05, 4.69) is 31.9 Å². The highest BCUT2D eigenvalue weighted by Gasteiger charge is 2.35. The molecule has 0 saturated carbocycles. The number of nitrogens with two attached hydrogens (primary N) is 1.